The molecule has 3 N–H and O–H groups in total. The van der Waals surface area contributed by atoms with Crippen molar-refractivity contribution >= 4 is 54.9 Å². The van der Waals surface area contributed by atoms with E-state index in [4.69, 9.17) is 4.74 Å². The zero-order valence-corrected chi connectivity index (χ0v) is 27.8. The van der Waals surface area contributed by atoms with Crippen molar-refractivity contribution < 1.29 is 14.6 Å². The number of benzene rings is 2. The highest BCUT2D eigenvalue weighted by Gasteiger charge is 2.67. The lowest BCUT2D eigenvalue weighted by molar-refractivity contribution is -0.151. The second-order valence-corrected chi connectivity index (χ2v) is 15.1. The second kappa shape index (κ2) is 12.2. The van der Waals surface area contributed by atoms with Gasteiger partial charge in [0.1, 0.15) is 5.75 Å². The van der Waals surface area contributed by atoms with Crippen LogP contribution in [0.4, 0.5) is 16.1 Å². The summed E-state index contributed by atoms with van der Waals surface area (Å²) in [5, 5.41) is 26.3. The molecular weight excluding hydrogens is 619 g/mol. The van der Waals surface area contributed by atoms with Gasteiger partial charge in [0.05, 0.1) is 29.1 Å². The van der Waals surface area contributed by atoms with Crippen LogP contribution in [-0.4, -0.2) is 63.4 Å². The highest BCUT2D eigenvalue weighted by molar-refractivity contribution is 7.22. The van der Waals surface area contributed by atoms with E-state index < -0.39 is 5.97 Å². The number of carboxylic acids is 1. The van der Waals surface area contributed by atoms with E-state index in [9.17, 15) is 9.90 Å². The first-order valence-electron chi connectivity index (χ1n) is 15.5. The lowest BCUT2D eigenvalue weighted by atomic mass is 9.33. The number of aryl methyl sites for hydroxylation is 2. The first kappa shape index (κ1) is 30.5. The zero-order valence-electron chi connectivity index (χ0n) is 26.2. The summed E-state index contributed by atoms with van der Waals surface area (Å²) in [6.07, 6.45) is 5.13. The Balaban J connectivity index is 0.892. The molecule has 3 aliphatic rings. The van der Waals surface area contributed by atoms with Crippen LogP contribution in [0.2, 0.25) is 0 Å². The van der Waals surface area contributed by atoms with Gasteiger partial charge in [0, 0.05) is 11.4 Å². The van der Waals surface area contributed by atoms with Crippen LogP contribution in [-0.2, 0) is 18.4 Å². The second-order valence-electron chi connectivity index (χ2n) is 13.0. The van der Waals surface area contributed by atoms with E-state index in [1.54, 1.807) is 11.3 Å². The lowest BCUT2D eigenvalue weighted by Gasteiger charge is -2.72. The molecule has 0 atom stereocenters. The van der Waals surface area contributed by atoms with Gasteiger partial charge in [-0.05, 0) is 105 Å². The summed E-state index contributed by atoms with van der Waals surface area (Å²) in [6.45, 7) is 4.02. The molecular formula is C34H37N7O3S2. The molecule has 12 heteroatoms. The van der Waals surface area contributed by atoms with Crippen molar-refractivity contribution in [3.05, 3.63) is 82.0 Å². The van der Waals surface area contributed by atoms with Crippen LogP contribution in [0.15, 0.2) is 54.6 Å². The molecule has 2 aromatic carbocycles. The Morgan fingerprint density at radius 3 is 2.52 bits per heavy atom. The SMILES string of the molecule is Cc1cc(CNc2nc(C(=O)O)c(CCCOc3ccc(C45CC(CN(C)C)(C4)C5)cc3)s2)nnc1Nc1nc2ccccc2s1. The largest absolute Gasteiger partial charge is 0.494 e. The number of aromatic nitrogens is 4. The van der Waals surface area contributed by atoms with E-state index in [1.165, 1.54) is 42.7 Å². The number of carbonyl (C=O) groups is 1. The van der Waals surface area contributed by atoms with Gasteiger partial charge in [0.15, 0.2) is 21.8 Å². The predicted octanol–water partition coefficient (Wildman–Crippen LogP) is 6.90. The number of fused-ring (bicyclic) bond motifs is 1. The number of hydrogen-bond donors (Lipinski definition) is 3. The Morgan fingerprint density at radius 2 is 1.80 bits per heavy atom. The summed E-state index contributed by atoms with van der Waals surface area (Å²) < 4.78 is 7.11. The van der Waals surface area contributed by atoms with Crippen LogP contribution >= 0.6 is 22.7 Å². The van der Waals surface area contributed by atoms with E-state index in [0.717, 1.165) is 37.2 Å². The van der Waals surface area contributed by atoms with Crippen LogP contribution < -0.4 is 15.4 Å². The minimum absolute atomic E-state index is 0.0834. The molecule has 0 unspecified atom stereocenters. The van der Waals surface area contributed by atoms with Crippen molar-refractivity contribution in [2.45, 2.75) is 51.0 Å². The van der Waals surface area contributed by atoms with Crippen molar-refractivity contribution in [1.29, 1.82) is 0 Å². The average molecular weight is 656 g/mol. The molecule has 3 aliphatic carbocycles. The van der Waals surface area contributed by atoms with Crippen molar-refractivity contribution in [2.75, 3.05) is 37.9 Å². The van der Waals surface area contributed by atoms with Gasteiger partial charge in [-0.15, -0.1) is 16.4 Å². The van der Waals surface area contributed by atoms with Gasteiger partial charge < -0.3 is 25.4 Å². The molecule has 10 nitrogen and oxygen atoms in total. The molecule has 46 heavy (non-hydrogen) atoms. The molecule has 0 aliphatic heterocycles. The van der Waals surface area contributed by atoms with E-state index >= 15 is 0 Å². The fourth-order valence-electron chi connectivity index (χ4n) is 7.18. The first-order valence-corrected chi connectivity index (χ1v) is 17.1. The minimum Gasteiger partial charge on any atom is -0.494 e. The summed E-state index contributed by atoms with van der Waals surface area (Å²) in [7, 11) is 4.32. The third kappa shape index (κ3) is 6.16. The van der Waals surface area contributed by atoms with Gasteiger partial charge in [0.2, 0.25) is 0 Å². The maximum atomic E-state index is 11.9. The molecule has 0 amide bonds. The van der Waals surface area contributed by atoms with Gasteiger partial charge in [-0.2, -0.15) is 5.10 Å². The van der Waals surface area contributed by atoms with Gasteiger partial charge in [-0.25, -0.2) is 14.8 Å². The first-order chi connectivity index (χ1) is 22.2. The molecule has 0 saturated heterocycles. The third-order valence-corrected chi connectivity index (χ3v) is 11.0. The smallest absolute Gasteiger partial charge is 0.355 e. The van der Waals surface area contributed by atoms with Gasteiger partial charge >= 0.3 is 5.97 Å². The molecule has 5 aromatic rings. The maximum absolute atomic E-state index is 11.9. The Hall–Kier alpha value is -4.13. The molecule has 2 bridgehead atoms. The zero-order chi connectivity index (χ0) is 31.9. The van der Waals surface area contributed by atoms with Crippen LogP contribution in [0, 0.1) is 12.3 Å². The monoisotopic (exact) mass is 655 g/mol. The average Bonchev–Trinajstić information content (AvgIpc) is 3.60. The number of nitrogens with one attached hydrogen (secondary N) is 2. The summed E-state index contributed by atoms with van der Waals surface area (Å²) in [4.78, 5) is 23.9. The Kier molecular flexibility index (Phi) is 8.12. The molecule has 238 valence electrons. The summed E-state index contributed by atoms with van der Waals surface area (Å²) in [6, 6.07) is 18.5. The number of anilines is 3. The third-order valence-electron chi connectivity index (χ3n) is 8.95. The van der Waals surface area contributed by atoms with Crippen molar-refractivity contribution in [2.24, 2.45) is 5.41 Å². The Labute approximate surface area is 275 Å². The van der Waals surface area contributed by atoms with E-state index in [-0.39, 0.29) is 5.69 Å². The summed E-state index contributed by atoms with van der Waals surface area (Å²) >= 11 is 2.92. The topological polar surface area (TPSA) is 125 Å². The predicted molar refractivity (Wildman–Crippen MR) is 183 cm³/mol. The number of aromatic carboxylic acids is 1. The number of para-hydroxylation sites is 1. The van der Waals surface area contributed by atoms with Crippen molar-refractivity contribution in [1.82, 2.24) is 25.1 Å². The van der Waals surface area contributed by atoms with Crippen LogP contribution in [0.3, 0.4) is 0 Å². The highest BCUT2D eigenvalue weighted by Crippen LogP contribution is 2.73. The van der Waals surface area contributed by atoms with Crippen LogP contribution in [0.5, 0.6) is 5.75 Å². The van der Waals surface area contributed by atoms with Gasteiger partial charge in [-0.1, -0.05) is 35.6 Å². The fourth-order valence-corrected chi connectivity index (χ4v) is 9.03. The number of thiazole rings is 2. The van der Waals surface area contributed by atoms with Crippen LogP contribution in [0.25, 0.3) is 10.2 Å². The maximum Gasteiger partial charge on any atom is 0.355 e. The van der Waals surface area contributed by atoms with Crippen LogP contribution in [0.1, 0.15) is 57.9 Å². The lowest BCUT2D eigenvalue weighted by Crippen LogP contribution is -2.67. The molecule has 3 fully saturated rings. The number of hydrogen-bond acceptors (Lipinski definition) is 11. The number of carboxylic acid groups (broad SMARTS) is 1. The van der Waals surface area contributed by atoms with Gasteiger partial charge in [0.25, 0.3) is 0 Å². The number of rotatable bonds is 14. The highest BCUT2D eigenvalue weighted by atomic mass is 32.1. The molecule has 8 rings (SSSR count). The summed E-state index contributed by atoms with van der Waals surface area (Å²) in [5.41, 5.74) is 5.02. The standard InChI is InChI=1S/C34H37N7O3S2/c1-21-15-23(39-40-29(21)38-32-36-25-7-4-5-8-26(25)45-32)16-35-31-37-28(30(42)43)27(46-31)9-6-14-44-24-12-10-22(11-13-24)34-17-33(18-34,19-34)20-41(2)3/h4-5,7-8,10-13,15H,6,9,14,16-20H2,1-3H3,(H,35,37)(H,42,43)(H,36,38,40). The molecule has 0 spiro atoms. The van der Waals surface area contributed by atoms with Crippen molar-refractivity contribution in [3.8, 4) is 5.75 Å². The normalized spacial score (nSPS) is 19.9. The quantitative estimate of drug-likeness (QED) is 0.109. The van der Waals surface area contributed by atoms with Gasteiger partial charge in [-0.3, -0.25) is 0 Å². The van der Waals surface area contributed by atoms with E-state index in [0.29, 0.717) is 47.8 Å². The Bertz CT molecular complexity index is 1830. The Morgan fingerprint density at radius 1 is 1.02 bits per heavy atom. The number of nitrogens with zero attached hydrogens (tertiary/aromatic N) is 5. The van der Waals surface area contributed by atoms with E-state index in [1.807, 2.05) is 37.3 Å². The minimum atomic E-state index is -1.03. The molecule has 3 heterocycles. The number of ether oxygens (including phenoxy) is 1. The molecule has 3 aromatic heterocycles. The molecule has 3 saturated carbocycles. The summed E-state index contributed by atoms with van der Waals surface area (Å²) in [5.74, 6) is 0.465. The molecule has 0 radical (unpaired) electrons. The van der Waals surface area contributed by atoms with Crippen molar-refractivity contribution in [3.63, 3.8) is 0 Å². The fraction of sp³-hybridized carbons (Fsp3) is 0.382. The van der Waals surface area contributed by atoms with E-state index in [2.05, 4.69) is 74.1 Å².